The summed E-state index contributed by atoms with van der Waals surface area (Å²) in [6.45, 7) is 2.21. The Morgan fingerprint density at radius 1 is 1.30 bits per heavy atom. The summed E-state index contributed by atoms with van der Waals surface area (Å²) in [5.41, 5.74) is -0.837. The van der Waals surface area contributed by atoms with Crippen LogP contribution in [0.25, 0.3) is 0 Å². The normalized spacial score (nSPS) is 19.5. The van der Waals surface area contributed by atoms with Crippen molar-refractivity contribution in [2.24, 2.45) is 5.92 Å². The summed E-state index contributed by atoms with van der Waals surface area (Å²) in [6, 6.07) is 2.78. The lowest BCUT2D eigenvalue weighted by Crippen LogP contribution is -2.20. The summed E-state index contributed by atoms with van der Waals surface area (Å²) in [7, 11) is 0. The first-order valence-corrected chi connectivity index (χ1v) is 6.61. The third-order valence-corrected chi connectivity index (χ3v) is 3.45. The number of ether oxygens (including phenoxy) is 1. The fraction of sp³-hybridized carbons (Fsp3) is 0.571. The third kappa shape index (κ3) is 4.18. The van der Waals surface area contributed by atoms with Gasteiger partial charge in [-0.3, -0.25) is 0 Å². The Morgan fingerprint density at radius 2 is 2.10 bits per heavy atom. The van der Waals surface area contributed by atoms with E-state index in [-0.39, 0.29) is 12.1 Å². The summed E-state index contributed by atoms with van der Waals surface area (Å²) in [5.74, 6) is -0.387. The van der Waals surface area contributed by atoms with E-state index < -0.39 is 17.6 Å². The maximum Gasteiger partial charge on any atom is 0.416 e. The van der Waals surface area contributed by atoms with Gasteiger partial charge in [-0.05, 0) is 43.0 Å². The molecule has 1 heterocycles. The standard InChI is InChI=1S/C14H17F4NO/c15-12-2-1-11(13(7-12)14(16,17)18)8-19-5-3-10-4-6-20-9-10/h1-2,7,10,19H,3-6,8-9H2. The van der Waals surface area contributed by atoms with Crippen molar-refractivity contribution in [1.82, 2.24) is 5.32 Å². The van der Waals surface area contributed by atoms with Crippen molar-refractivity contribution in [3.63, 3.8) is 0 Å². The molecule has 1 N–H and O–H groups in total. The Morgan fingerprint density at radius 3 is 2.75 bits per heavy atom. The van der Waals surface area contributed by atoms with Crippen LogP contribution in [0.3, 0.4) is 0 Å². The number of benzene rings is 1. The number of rotatable bonds is 5. The number of nitrogens with one attached hydrogen (secondary N) is 1. The molecule has 1 atom stereocenters. The lowest BCUT2D eigenvalue weighted by atomic mass is 10.0. The van der Waals surface area contributed by atoms with Gasteiger partial charge in [0, 0.05) is 19.8 Å². The maximum absolute atomic E-state index is 12.9. The molecule has 1 saturated heterocycles. The van der Waals surface area contributed by atoms with Crippen LogP contribution in [0.15, 0.2) is 18.2 Å². The summed E-state index contributed by atoms with van der Waals surface area (Å²) in [6.07, 6.45) is -2.65. The van der Waals surface area contributed by atoms with Gasteiger partial charge >= 0.3 is 6.18 Å². The average Bonchev–Trinajstić information content (AvgIpc) is 2.88. The molecule has 1 aromatic carbocycles. The Bertz CT molecular complexity index is 441. The number of hydrogen-bond acceptors (Lipinski definition) is 2. The molecule has 20 heavy (non-hydrogen) atoms. The minimum atomic E-state index is -4.53. The molecule has 6 heteroatoms. The highest BCUT2D eigenvalue weighted by Gasteiger charge is 2.33. The first kappa shape index (κ1) is 15.3. The van der Waals surface area contributed by atoms with Crippen LogP contribution in [0, 0.1) is 11.7 Å². The van der Waals surface area contributed by atoms with Crippen LogP contribution in [0.5, 0.6) is 0 Å². The molecule has 1 unspecified atom stereocenters. The Kier molecular flexibility index (Phi) is 4.99. The third-order valence-electron chi connectivity index (χ3n) is 3.45. The van der Waals surface area contributed by atoms with E-state index in [2.05, 4.69) is 5.32 Å². The fourth-order valence-corrected chi connectivity index (χ4v) is 2.31. The van der Waals surface area contributed by atoms with E-state index >= 15 is 0 Å². The van der Waals surface area contributed by atoms with Crippen molar-refractivity contribution in [3.05, 3.63) is 35.1 Å². The molecule has 0 aliphatic carbocycles. The van der Waals surface area contributed by atoms with Crippen molar-refractivity contribution in [2.45, 2.75) is 25.6 Å². The first-order valence-electron chi connectivity index (χ1n) is 6.61. The van der Waals surface area contributed by atoms with E-state index in [0.717, 1.165) is 32.1 Å². The van der Waals surface area contributed by atoms with Gasteiger partial charge in [0.05, 0.1) is 5.56 Å². The van der Waals surface area contributed by atoms with E-state index in [0.29, 0.717) is 18.5 Å². The number of halogens is 4. The largest absolute Gasteiger partial charge is 0.416 e. The van der Waals surface area contributed by atoms with Crippen molar-refractivity contribution in [3.8, 4) is 0 Å². The van der Waals surface area contributed by atoms with Crippen LogP contribution in [-0.2, 0) is 17.5 Å². The fourth-order valence-electron chi connectivity index (χ4n) is 2.31. The van der Waals surface area contributed by atoms with Crippen LogP contribution in [0.1, 0.15) is 24.0 Å². The van der Waals surface area contributed by atoms with Gasteiger partial charge in [-0.2, -0.15) is 13.2 Å². The van der Waals surface area contributed by atoms with Gasteiger partial charge in [0.1, 0.15) is 5.82 Å². The van der Waals surface area contributed by atoms with Crippen molar-refractivity contribution in [2.75, 3.05) is 19.8 Å². The Labute approximate surface area is 115 Å². The second-order valence-electron chi connectivity index (χ2n) is 4.99. The lowest BCUT2D eigenvalue weighted by molar-refractivity contribution is -0.138. The minimum absolute atomic E-state index is 0.0709. The molecule has 0 radical (unpaired) electrons. The summed E-state index contributed by atoms with van der Waals surface area (Å²) in [4.78, 5) is 0. The SMILES string of the molecule is Fc1ccc(CNCCC2CCOC2)c(C(F)(F)F)c1. The van der Waals surface area contributed by atoms with Crippen molar-refractivity contribution < 1.29 is 22.3 Å². The second kappa shape index (κ2) is 6.54. The number of alkyl halides is 3. The average molecular weight is 291 g/mol. The molecule has 2 nitrogen and oxygen atoms in total. The van der Waals surface area contributed by atoms with E-state index in [1.165, 1.54) is 6.07 Å². The molecule has 0 aromatic heterocycles. The van der Waals surface area contributed by atoms with Crippen LogP contribution >= 0.6 is 0 Å². The molecule has 112 valence electrons. The zero-order valence-electron chi connectivity index (χ0n) is 11.0. The van der Waals surface area contributed by atoms with Gasteiger partial charge < -0.3 is 10.1 Å². The monoisotopic (exact) mass is 291 g/mol. The van der Waals surface area contributed by atoms with Gasteiger partial charge in [-0.25, -0.2) is 4.39 Å². The number of hydrogen-bond donors (Lipinski definition) is 1. The quantitative estimate of drug-likeness (QED) is 0.663. The molecule has 1 fully saturated rings. The molecule has 1 aliphatic rings. The molecule has 0 saturated carbocycles. The predicted octanol–water partition coefficient (Wildman–Crippen LogP) is 3.36. The van der Waals surface area contributed by atoms with E-state index in [9.17, 15) is 17.6 Å². The minimum Gasteiger partial charge on any atom is -0.381 e. The van der Waals surface area contributed by atoms with Crippen molar-refractivity contribution >= 4 is 0 Å². The zero-order valence-corrected chi connectivity index (χ0v) is 11.0. The molecule has 0 amide bonds. The van der Waals surface area contributed by atoms with Gasteiger partial charge in [0.15, 0.2) is 0 Å². The predicted molar refractivity (Wildman–Crippen MR) is 66.7 cm³/mol. The summed E-state index contributed by atoms with van der Waals surface area (Å²) >= 11 is 0. The van der Waals surface area contributed by atoms with E-state index in [1.54, 1.807) is 0 Å². The zero-order chi connectivity index (χ0) is 14.6. The van der Waals surface area contributed by atoms with E-state index in [4.69, 9.17) is 4.74 Å². The highest BCUT2D eigenvalue weighted by atomic mass is 19.4. The Balaban J connectivity index is 1.88. The molecule has 0 spiro atoms. The van der Waals surface area contributed by atoms with Crippen LogP contribution in [0.4, 0.5) is 17.6 Å². The highest BCUT2D eigenvalue weighted by molar-refractivity contribution is 5.30. The van der Waals surface area contributed by atoms with Crippen LogP contribution in [0.2, 0.25) is 0 Å². The van der Waals surface area contributed by atoms with Gasteiger partial charge in [0.25, 0.3) is 0 Å². The topological polar surface area (TPSA) is 21.3 Å². The van der Waals surface area contributed by atoms with Gasteiger partial charge in [-0.1, -0.05) is 6.07 Å². The molecular weight excluding hydrogens is 274 g/mol. The molecule has 1 aromatic rings. The van der Waals surface area contributed by atoms with Gasteiger partial charge in [-0.15, -0.1) is 0 Å². The van der Waals surface area contributed by atoms with Gasteiger partial charge in [0.2, 0.25) is 0 Å². The van der Waals surface area contributed by atoms with E-state index in [1.807, 2.05) is 0 Å². The molecule has 1 aliphatic heterocycles. The molecule has 2 rings (SSSR count). The lowest BCUT2D eigenvalue weighted by Gasteiger charge is -2.14. The molecular formula is C14H17F4NO. The van der Waals surface area contributed by atoms with Crippen molar-refractivity contribution in [1.29, 1.82) is 0 Å². The molecule has 0 bridgehead atoms. The smallest absolute Gasteiger partial charge is 0.381 e. The van der Waals surface area contributed by atoms with Crippen LogP contribution < -0.4 is 5.32 Å². The first-order chi connectivity index (χ1) is 9.47. The van der Waals surface area contributed by atoms with Crippen LogP contribution in [-0.4, -0.2) is 19.8 Å². The highest BCUT2D eigenvalue weighted by Crippen LogP contribution is 2.32. The Hall–Kier alpha value is -1.14. The summed E-state index contributed by atoms with van der Waals surface area (Å²) in [5, 5.41) is 2.98. The summed E-state index contributed by atoms with van der Waals surface area (Å²) < 4.78 is 56.5. The maximum atomic E-state index is 12.9. The second-order valence-corrected chi connectivity index (χ2v) is 4.99.